The average Bonchev–Trinajstić information content (AvgIpc) is 2.34. The fourth-order valence-corrected chi connectivity index (χ4v) is 1.49. The molecule has 0 saturated carbocycles. The molecule has 0 aliphatic carbocycles. The van der Waals surface area contributed by atoms with Crippen LogP contribution in [0, 0.1) is 0 Å². The molecule has 0 atom stereocenters. The molecule has 5 heteroatoms. The van der Waals surface area contributed by atoms with Gasteiger partial charge in [0.05, 0.1) is 6.42 Å². The Morgan fingerprint density at radius 1 is 1.82 bits per heavy atom. The zero-order valence-corrected chi connectivity index (χ0v) is 6.52. The fraction of sp³-hybridized carbons (Fsp3) is 0.167. The molecule has 0 aliphatic heterocycles. The Morgan fingerprint density at radius 2 is 2.55 bits per heavy atom. The third-order valence-corrected chi connectivity index (χ3v) is 2.11. The second-order valence-corrected chi connectivity index (χ2v) is 2.91. The molecule has 0 spiro atoms. The Bertz CT molecular complexity index is 259. The molecule has 0 fully saturated rings. The second kappa shape index (κ2) is 3.36. The number of carboxylic acids is 1. The highest BCUT2D eigenvalue weighted by Crippen LogP contribution is 2.21. The van der Waals surface area contributed by atoms with Gasteiger partial charge in [0, 0.05) is 0 Å². The van der Waals surface area contributed by atoms with E-state index in [1.807, 2.05) is 0 Å². The second-order valence-electron chi connectivity index (χ2n) is 1.99. The number of anilines is 1. The third kappa shape index (κ3) is 1.92. The van der Waals surface area contributed by atoms with Gasteiger partial charge in [-0.05, 0) is 17.0 Å². The standard InChI is InChI=1S/C6H8N2O2S/c7-8-6-4(1-2-11-6)3-5(9)10/h1-2,8H,3,7H2,(H,9,10). The van der Waals surface area contributed by atoms with Crippen molar-refractivity contribution in [1.82, 2.24) is 0 Å². The van der Waals surface area contributed by atoms with Crippen LogP contribution in [-0.4, -0.2) is 11.1 Å². The number of rotatable bonds is 3. The number of carbonyl (C=O) groups is 1. The zero-order chi connectivity index (χ0) is 8.27. The van der Waals surface area contributed by atoms with Crippen LogP contribution in [0.15, 0.2) is 11.4 Å². The maximum Gasteiger partial charge on any atom is 0.307 e. The summed E-state index contributed by atoms with van der Waals surface area (Å²) in [6, 6.07) is 1.74. The van der Waals surface area contributed by atoms with Gasteiger partial charge in [0.15, 0.2) is 0 Å². The lowest BCUT2D eigenvalue weighted by molar-refractivity contribution is -0.136. The lowest BCUT2D eigenvalue weighted by Crippen LogP contribution is -2.08. The van der Waals surface area contributed by atoms with Crippen molar-refractivity contribution in [1.29, 1.82) is 0 Å². The van der Waals surface area contributed by atoms with Crippen molar-refractivity contribution in [2.75, 3.05) is 5.43 Å². The van der Waals surface area contributed by atoms with E-state index in [1.165, 1.54) is 11.3 Å². The van der Waals surface area contributed by atoms with E-state index in [-0.39, 0.29) is 6.42 Å². The number of hydrogen-bond acceptors (Lipinski definition) is 4. The number of hydrogen-bond donors (Lipinski definition) is 3. The fourth-order valence-electron chi connectivity index (χ4n) is 0.764. The van der Waals surface area contributed by atoms with E-state index in [4.69, 9.17) is 10.9 Å². The van der Waals surface area contributed by atoms with E-state index >= 15 is 0 Å². The molecule has 1 aromatic rings. The molecular weight excluding hydrogens is 164 g/mol. The van der Waals surface area contributed by atoms with Crippen molar-refractivity contribution in [3.8, 4) is 0 Å². The lowest BCUT2D eigenvalue weighted by atomic mass is 10.2. The molecule has 4 N–H and O–H groups in total. The lowest BCUT2D eigenvalue weighted by Gasteiger charge is -1.97. The summed E-state index contributed by atoms with van der Waals surface area (Å²) in [5.74, 6) is 4.29. The number of nitrogens with one attached hydrogen (secondary N) is 1. The minimum Gasteiger partial charge on any atom is -0.481 e. The van der Waals surface area contributed by atoms with E-state index < -0.39 is 5.97 Å². The van der Waals surface area contributed by atoms with Crippen LogP contribution in [0.25, 0.3) is 0 Å². The molecule has 0 aromatic carbocycles. The first kappa shape index (κ1) is 8.03. The first-order valence-corrected chi connectivity index (χ1v) is 3.87. The van der Waals surface area contributed by atoms with E-state index in [9.17, 15) is 4.79 Å². The summed E-state index contributed by atoms with van der Waals surface area (Å²) in [5, 5.41) is 11.0. The van der Waals surface area contributed by atoms with Gasteiger partial charge >= 0.3 is 5.97 Å². The van der Waals surface area contributed by atoms with Gasteiger partial charge in [-0.2, -0.15) is 0 Å². The van der Waals surface area contributed by atoms with Gasteiger partial charge in [-0.3, -0.25) is 4.79 Å². The van der Waals surface area contributed by atoms with Gasteiger partial charge in [0.25, 0.3) is 0 Å². The summed E-state index contributed by atoms with van der Waals surface area (Å²) in [6.07, 6.45) is 0.0169. The summed E-state index contributed by atoms with van der Waals surface area (Å²) in [4.78, 5) is 10.3. The highest BCUT2D eigenvalue weighted by atomic mass is 32.1. The van der Waals surface area contributed by atoms with Crippen molar-refractivity contribution in [2.24, 2.45) is 5.84 Å². The Hall–Kier alpha value is -1.07. The Kier molecular flexibility index (Phi) is 2.45. The first-order chi connectivity index (χ1) is 5.24. The molecule has 0 bridgehead atoms. The highest BCUT2D eigenvalue weighted by molar-refractivity contribution is 7.14. The quantitative estimate of drug-likeness (QED) is 0.462. The molecule has 60 valence electrons. The van der Waals surface area contributed by atoms with Crippen LogP contribution in [0.2, 0.25) is 0 Å². The van der Waals surface area contributed by atoms with Gasteiger partial charge < -0.3 is 10.5 Å². The molecule has 4 nitrogen and oxygen atoms in total. The molecular formula is C6H8N2O2S. The smallest absolute Gasteiger partial charge is 0.307 e. The number of hydrazine groups is 1. The molecule has 11 heavy (non-hydrogen) atoms. The number of nitrogen functional groups attached to an aromatic ring is 1. The monoisotopic (exact) mass is 172 g/mol. The van der Waals surface area contributed by atoms with Gasteiger partial charge in [0.1, 0.15) is 5.00 Å². The van der Waals surface area contributed by atoms with Gasteiger partial charge in [-0.15, -0.1) is 11.3 Å². The molecule has 0 aliphatic rings. The SMILES string of the molecule is NNc1sccc1CC(=O)O. The van der Waals surface area contributed by atoms with Crippen LogP contribution in [0.3, 0.4) is 0 Å². The van der Waals surface area contributed by atoms with Crippen LogP contribution in [0.4, 0.5) is 5.00 Å². The van der Waals surface area contributed by atoms with Crippen molar-refractivity contribution < 1.29 is 9.90 Å². The zero-order valence-electron chi connectivity index (χ0n) is 5.70. The van der Waals surface area contributed by atoms with Crippen LogP contribution in [0.5, 0.6) is 0 Å². The Balaban J connectivity index is 2.76. The highest BCUT2D eigenvalue weighted by Gasteiger charge is 2.05. The van der Waals surface area contributed by atoms with E-state index in [2.05, 4.69) is 5.43 Å². The maximum atomic E-state index is 10.3. The summed E-state index contributed by atoms with van der Waals surface area (Å²) < 4.78 is 0. The minimum absolute atomic E-state index is 0.0169. The van der Waals surface area contributed by atoms with Crippen molar-refractivity contribution in [3.63, 3.8) is 0 Å². The molecule has 0 unspecified atom stereocenters. The first-order valence-electron chi connectivity index (χ1n) is 2.99. The van der Waals surface area contributed by atoms with Crippen LogP contribution in [0.1, 0.15) is 5.56 Å². The third-order valence-electron chi connectivity index (χ3n) is 1.22. The topological polar surface area (TPSA) is 75.3 Å². The molecule has 1 aromatic heterocycles. The average molecular weight is 172 g/mol. The van der Waals surface area contributed by atoms with Gasteiger partial charge in [-0.25, -0.2) is 5.84 Å². The molecule has 0 saturated heterocycles. The molecule has 1 rings (SSSR count). The van der Waals surface area contributed by atoms with Crippen LogP contribution in [-0.2, 0) is 11.2 Å². The van der Waals surface area contributed by atoms with Crippen LogP contribution >= 0.6 is 11.3 Å². The van der Waals surface area contributed by atoms with Crippen molar-refractivity contribution in [2.45, 2.75) is 6.42 Å². The largest absolute Gasteiger partial charge is 0.481 e. The molecule has 1 heterocycles. The van der Waals surface area contributed by atoms with Gasteiger partial charge in [0.2, 0.25) is 0 Å². The molecule has 0 amide bonds. The number of aliphatic carboxylic acids is 1. The van der Waals surface area contributed by atoms with E-state index in [1.54, 1.807) is 11.4 Å². The van der Waals surface area contributed by atoms with Gasteiger partial charge in [-0.1, -0.05) is 0 Å². The number of thiophene rings is 1. The summed E-state index contributed by atoms with van der Waals surface area (Å²) in [7, 11) is 0. The Morgan fingerprint density at radius 3 is 3.09 bits per heavy atom. The van der Waals surface area contributed by atoms with Crippen molar-refractivity contribution >= 4 is 22.3 Å². The predicted molar refractivity (Wildman–Crippen MR) is 43.5 cm³/mol. The summed E-state index contributed by atoms with van der Waals surface area (Å²) >= 11 is 1.39. The number of carboxylic acid groups (broad SMARTS) is 1. The molecule has 0 radical (unpaired) electrons. The van der Waals surface area contributed by atoms with E-state index in [0.717, 1.165) is 5.56 Å². The maximum absolute atomic E-state index is 10.3. The van der Waals surface area contributed by atoms with Crippen LogP contribution < -0.4 is 11.3 Å². The minimum atomic E-state index is -0.847. The predicted octanol–water partition coefficient (Wildman–Crippen LogP) is 0.661. The normalized spacial score (nSPS) is 9.55. The van der Waals surface area contributed by atoms with E-state index in [0.29, 0.717) is 5.00 Å². The van der Waals surface area contributed by atoms with Crippen molar-refractivity contribution in [3.05, 3.63) is 17.0 Å². The number of nitrogens with two attached hydrogens (primary N) is 1. The summed E-state index contributed by atoms with van der Waals surface area (Å²) in [5.41, 5.74) is 3.16. The summed E-state index contributed by atoms with van der Waals surface area (Å²) in [6.45, 7) is 0. The Labute approximate surface area is 67.6 Å².